The number of ketones is 1. The number of amides is 2. The van der Waals surface area contributed by atoms with Crippen molar-refractivity contribution in [2.75, 3.05) is 21.3 Å². The van der Waals surface area contributed by atoms with Gasteiger partial charge in [0.05, 0.1) is 21.3 Å². The number of methoxy groups -OCH3 is 3. The Labute approximate surface area is 288 Å². The third-order valence-corrected chi connectivity index (χ3v) is 8.95. The molecule has 0 aromatic heterocycles. The van der Waals surface area contributed by atoms with Crippen molar-refractivity contribution in [3.8, 4) is 17.2 Å². The van der Waals surface area contributed by atoms with E-state index in [9.17, 15) is 14.4 Å². The summed E-state index contributed by atoms with van der Waals surface area (Å²) < 4.78 is 16.1. The monoisotopic (exact) mass is 660 g/mol. The van der Waals surface area contributed by atoms with Crippen molar-refractivity contribution in [1.82, 2.24) is 10.6 Å². The van der Waals surface area contributed by atoms with E-state index in [-0.39, 0.29) is 29.0 Å². The molecule has 2 N–H and O–H groups in total. The van der Waals surface area contributed by atoms with Crippen LogP contribution in [0.2, 0.25) is 0 Å². The molecule has 1 aliphatic carbocycles. The fraction of sp³-hybridized carbons (Fsp3) is 0.293. The van der Waals surface area contributed by atoms with Crippen LogP contribution < -0.4 is 24.8 Å². The molecular weight excluding hydrogens is 616 g/mol. The maximum Gasteiger partial charge on any atom is 0.296 e. The number of rotatable bonds is 16. The predicted octanol–water partition coefficient (Wildman–Crippen LogP) is 6.59. The predicted molar refractivity (Wildman–Crippen MR) is 190 cm³/mol. The number of fused-ring (bicyclic) bond motifs is 1. The first-order chi connectivity index (χ1) is 23.9. The Kier molecular flexibility index (Phi) is 12.2. The first-order valence-corrected chi connectivity index (χ1v) is 16.7. The molecule has 0 bridgehead atoms. The second kappa shape index (κ2) is 17.2. The molecule has 4 aromatic carbocycles. The smallest absolute Gasteiger partial charge is 0.296 e. The van der Waals surface area contributed by atoms with Gasteiger partial charge in [-0.3, -0.25) is 14.4 Å². The first kappa shape index (κ1) is 35.0. The summed E-state index contributed by atoms with van der Waals surface area (Å²) in [4.78, 5) is 41.0. The Morgan fingerprint density at radius 1 is 0.673 bits per heavy atom. The van der Waals surface area contributed by atoms with E-state index < -0.39 is 11.7 Å². The number of carbonyl (C=O) groups excluding carboxylic acids is 3. The van der Waals surface area contributed by atoms with Gasteiger partial charge in [0.15, 0.2) is 11.5 Å². The molecule has 0 atom stereocenters. The maximum atomic E-state index is 14.1. The van der Waals surface area contributed by atoms with Crippen molar-refractivity contribution in [1.29, 1.82) is 0 Å². The Bertz CT molecular complexity index is 1710. The summed E-state index contributed by atoms with van der Waals surface area (Å²) in [6, 6.07) is 31.4. The van der Waals surface area contributed by atoms with Gasteiger partial charge in [0.25, 0.3) is 11.7 Å². The molecule has 4 aromatic rings. The fourth-order valence-electron chi connectivity index (χ4n) is 6.33. The molecule has 8 heteroatoms. The fourth-order valence-corrected chi connectivity index (χ4v) is 6.33. The summed E-state index contributed by atoms with van der Waals surface area (Å²) in [6.45, 7) is 0. The molecule has 0 unspecified atom stereocenters. The number of benzene rings is 4. The lowest BCUT2D eigenvalue weighted by molar-refractivity contribution is -0.118. The van der Waals surface area contributed by atoms with Crippen molar-refractivity contribution >= 4 is 17.6 Å². The summed E-state index contributed by atoms with van der Waals surface area (Å²) in [5, 5.41) is 6.13. The zero-order chi connectivity index (χ0) is 34.6. The Balaban J connectivity index is 1.36. The normalized spacial score (nSPS) is 12.2. The van der Waals surface area contributed by atoms with Gasteiger partial charge in [-0.1, -0.05) is 84.9 Å². The van der Waals surface area contributed by atoms with E-state index in [1.807, 2.05) is 60.7 Å². The third-order valence-electron chi connectivity index (χ3n) is 8.95. The van der Waals surface area contributed by atoms with Gasteiger partial charge in [-0.25, -0.2) is 0 Å². The SMILES string of the molecule is COc1cc(C(=O)C(=O)NC2=C(C(=O)NC(CCCc3ccccc3)CCCc3ccccc3)Cc3ccccc3C2)cc(OC)c1OC. The Morgan fingerprint density at radius 3 is 1.69 bits per heavy atom. The lowest BCUT2D eigenvalue weighted by Crippen LogP contribution is -2.40. The summed E-state index contributed by atoms with van der Waals surface area (Å²) in [5.74, 6) is -1.03. The van der Waals surface area contributed by atoms with Gasteiger partial charge in [-0.05, 0) is 72.9 Å². The van der Waals surface area contributed by atoms with Crippen LogP contribution in [0.1, 0.15) is 58.3 Å². The van der Waals surface area contributed by atoms with Crippen molar-refractivity contribution in [2.24, 2.45) is 0 Å². The number of aryl methyl sites for hydroxylation is 2. The first-order valence-electron chi connectivity index (χ1n) is 16.7. The quantitative estimate of drug-likeness (QED) is 0.104. The van der Waals surface area contributed by atoms with Crippen LogP contribution in [0.4, 0.5) is 0 Å². The minimum Gasteiger partial charge on any atom is -0.493 e. The number of allylic oxidation sites excluding steroid dienone is 1. The molecule has 0 radical (unpaired) electrons. The van der Waals surface area contributed by atoms with Crippen LogP contribution in [0, 0.1) is 0 Å². The van der Waals surface area contributed by atoms with Crippen molar-refractivity contribution in [3.63, 3.8) is 0 Å². The average molecular weight is 661 g/mol. The number of ether oxygens (including phenoxy) is 3. The largest absolute Gasteiger partial charge is 0.493 e. The van der Waals surface area contributed by atoms with Gasteiger partial charge in [-0.15, -0.1) is 0 Å². The molecule has 0 saturated carbocycles. The van der Waals surface area contributed by atoms with Crippen LogP contribution >= 0.6 is 0 Å². The maximum absolute atomic E-state index is 14.1. The molecule has 0 spiro atoms. The lowest BCUT2D eigenvalue weighted by atomic mass is 9.88. The van der Waals surface area contributed by atoms with Crippen LogP contribution in [0.5, 0.6) is 17.2 Å². The number of Topliss-reactive ketones (excluding diaryl/α,β-unsaturated/α-hetero) is 1. The lowest BCUT2D eigenvalue weighted by Gasteiger charge is -2.25. The molecule has 0 aliphatic heterocycles. The highest BCUT2D eigenvalue weighted by Crippen LogP contribution is 2.38. The van der Waals surface area contributed by atoms with E-state index in [0.29, 0.717) is 29.9 Å². The molecule has 0 saturated heterocycles. The molecule has 5 rings (SSSR count). The minimum absolute atomic E-state index is 0.0533. The highest BCUT2D eigenvalue weighted by molar-refractivity contribution is 6.43. The molecule has 2 amide bonds. The van der Waals surface area contributed by atoms with Crippen LogP contribution in [0.25, 0.3) is 0 Å². The molecule has 0 heterocycles. The summed E-state index contributed by atoms with van der Waals surface area (Å²) in [6.07, 6.45) is 6.00. The molecule has 0 fully saturated rings. The summed E-state index contributed by atoms with van der Waals surface area (Å²) in [7, 11) is 4.35. The topological polar surface area (TPSA) is 103 Å². The van der Waals surface area contributed by atoms with Gasteiger partial charge in [0, 0.05) is 35.7 Å². The van der Waals surface area contributed by atoms with E-state index in [2.05, 4.69) is 34.9 Å². The number of carbonyl (C=O) groups is 3. The zero-order valence-corrected chi connectivity index (χ0v) is 28.4. The van der Waals surface area contributed by atoms with Crippen LogP contribution in [0.3, 0.4) is 0 Å². The van der Waals surface area contributed by atoms with E-state index in [1.165, 1.54) is 44.6 Å². The highest BCUT2D eigenvalue weighted by atomic mass is 16.5. The van der Waals surface area contributed by atoms with E-state index in [0.717, 1.165) is 49.7 Å². The molecule has 8 nitrogen and oxygen atoms in total. The zero-order valence-electron chi connectivity index (χ0n) is 28.4. The Morgan fingerprint density at radius 2 is 1.18 bits per heavy atom. The second-order valence-electron chi connectivity index (χ2n) is 12.2. The van der Waals surface area contributed by atoms with Gasteiger partial charge >= 0.3 is 0 Å². The number of nitrogens with one attached hydrogen (secondary N) is 2. The second-order valence-corrected chi connectivity index (χ2v) is 12.2. The molecule has 254 valence electrons. The summed E-state index contributed by atoms with van der Waals surface area (Å²) in [5.41, 5.74) is 5.51. The molecule has 49 heavy (non-hydrogen) atoms. The number of hydrogen-bond acceptors (Lipinski definition) is 6. The van der Waals surface area contributed by atoms with E-state index in [1.54, 1.807) is 0 Å². The minimum atomic E-state index is -0.851. The third kappa shape index (κ3) is 9.16. The standard InChI is InChI=1S/C41H44N2O6/c1-47-36-26-32(27-37(48-2)39(36)49-3)38(44)41(46)43-35-25-31-21-11-10-20-30(31)24-34(35)40(45)42-33(22-12-18-28-14-6-4-7-15-28)23-13-19-29-16-8-5-9-17-29/h4-11,14-17,20-21,26-27,33H,12-13,18-19,22-25H2,1-3H3,(H,42,45)(H,43,46). The van der Waals surface area contributed by atoms with Gasteiger partial charge in [0.2, 0.25) is 11.7 Å². The van der Waals surface area contributed by atoms with Gasteiger partial charge in [0.1, 0.15) is 0 Å². The van der Waals surface area contributed by atoms with Gasteiger partial charge < -0.3 is 24.8 Å². The average Bonchev–Trinajstić information content (AvgIpc) is 3.14. The molecular formula is C41H44N2O6. The number of hydrogen-bond donors (Lipinski definition) is 2. The van der Waals surface area contributed by atoms with Crippen LogP contribution in [-0.2, 0) is 35.3 Å². The van der Waals surface area contributed by atoms with E-state index >= 15 is 0 Å². The van der Waals surface area contributed by atoms with Crippen LogP contribution in [-0.4, -0.2) is 45.0 Å². The molecule has 1 aliphatic rings. The van der Waals surface area contributed by atoms with Gasteiger partial charge in [-0.2, -0.15) is 0 Å². The van der Waals surface area contributed by atoms with Crippen molar-refractivity contribution in [2.45, 2.75) is 57.4 Å². The van der Waals surface area contributed by atoms with E-state index in [4.69, 9.17) is 14.2 Å². The summed E-state index contributed by atoms with van der Waals surface area (Å²) >= 11 is 0. The van der Waals surface area contributed by atoms with Crippen molar-refractivity contribution < 1.29 is 28.6 Å². The van der Waals surface area contributed by atoms with Crippen molar-refractivity contribution in [3.05, 3.63) is 136 Å². The van der Waals surface area contributed by atoms with Crippen LogP contribution in [0.15, 0.2) is 108 Å². The highest BCUT2D eigenvalue weighted by Gasteiger charge is 2.28. The Hall–Kier alpha value is -5.37.